The summed E-state index contributed by atoms with van der Waals surface area (Å²) in [5.74, 6) is 1.84. The highest BCUT2D eigenvalue weighted by Gasteiger charge is 2.23. The van der Waals surface area contributed by atoms with Crippen molar-refractivity contribution in [3.63, 3.8) is 0 Å². The molecule has 0 saturated heterocycles. The Kier molecular flexibility index (Phi) is 5.42. The van der Waals surface area contributed by atoms with Gasteiger partial charge in [0.2, 0.25) is 0 Å². The number of rotatable bonds is 7. The van der Waals surface area contributed by atoms with Crippen molar-refractivity contribution in [1.82, 2.24) is 4.90 Å². The van der Waals surface area contributed by atoms with Gasteiger partial charge >= 0.3 is 0 Å². The van der Waals surface area contributed by atoms with E-state index in [0.717, 1.165) is 17.9 Å². The molecule has 0 bridgehead atoms. The van der Waals surface area contributed by atoms with Crippen molar-refractivity contribution >= 4 is 0 Å². The van der Waals surface area contributed by atoms with Gasteiger partial charge in [0.25, 0.3) is 0 Å². The van der Waals surface area contributed by atoms with Crippen molar-refractivity contribution in [3.05, 3.63) is 54.0 Å². The number of ether oxygens (including phenoxy) is 1. The molecule has 0 aliphatic carbocycles. The molecule has 0 aliphatic rings. The standard InChI is InChI=1S/C17H24N2O2/c1-13(11-14-7-4-5-8-16(14)20-3)19(2)15(12-18)17-9-6-10-21-17/h4-10,13,15H,11-12,18H2,1-3H3. The summed E-state index contributed by atoms with van der Waals surface area (Å²) >= 11 is 0. The lowest BCUT2D eigenvalue weighted by atomic mass is 10.0. The van der Waals surface area contributed by atoms with Crippen LogP contribution in [0.3, 0.4) is 0 Å². The number of nitrogens with two attached hydrogens (primary N) is 1. The van der Waals surface area contributed by atoms with Crippen LogP contribution in [-0.4, -0.2) is 31.6 Å². The maximum Gasteiger partial charge on any atom is 0.122 e. The van der Waals surface area contributed by atoms with Crippen molar-refractivity contribution in [2.75, 3.05) is 20.7 Å². The van der Waals surface area contributed by atoms with Gasteiger partial charge < -0.3 is 14.9 Å². The first kappa shape index (κ1) is 15.6. The van der Waals surface area contributed by atoms with E-state index in [-0.39, 0.29) is 6.04 Å². The lowest BCUT2D eigenvalue weighted by Gasteiger charge is -2.31. The smallest absolute Gasteiger partial charge is 0.122 e. The molecule has 4 heteroatoms. The third kappa shape index (κ3) is 3.65. The van der Waals surface area contributed by atoms with Gasteiger partial charge in [-0.2, -0.15) is 0 Å². The summed E-state index contributed by atoms with van der Waals surface area (Å²) in [6.45, 7) is 2.72. The lowest BCUT2D eigenvalue weighted by molar-refractivity contribution is 0.166. The van der Waals surface area contributed by atoms with Crippen LogP contribution in [0.1, 0.15) is 24.3 Å². The average Bonchev–Trinajstić information content (AvgIpc) is 3.02. The minimum atomic E-state index is 0.0877. The summed E-state index contributed by atoms with van der Waals surface area (Å²) in [7, 11) is 3.79. The third-order valence-corrected chi connectivity index (χ3v) is 3.99. The van der Waals surface area contributed by atoms with Crippen LogP contribution >= 0.6 is 0 Å². The normalized spacial score (nSPS) is 14.1. The first-order chi connectivity index (χ1) is 10.2. The van der Waals surface area contributed by atoms with E-state index < -0.39 is 0 Å². The van der Waals surface area contributed by atoms with Gasteiger partial charge in [-0.3, -0.25) is 4.90 Å². The Labute approximate surface area is 126 Å². The van der Waals surface area contributed by atoms with Gasteiger partial charge in [0.15, 0.2) is 0 Å². The molecule has 0 spiro atoms. The van der Waals surface area contributed by atoms with Gasteiger partial charge in [-0.25, -0.2) is 0 Å². The maximum atomic E-state index is 5.93. The van der Waals surface area contributed by atoms with Crippen molar-refractivity contribution in [1.29, 1.82) is 0 Å². The molecular weight excluding hydrogens is 264 g/mol. The molecule has 2 atom stereocenters. The second kappa shape index (κ2) is 7.29. The molecule has 21 heavy (non-hydrogen) atoms. The fraction of sp³-hybridized carbons (Fsp3) is 0.412. The zero-order chi connectivity index (χ0) is 15.2. The lowest BCUT2D eigenvalue weighted by Crippen LogP contribution is -2.38. The quantitative estimate of drug-likeness (QED) is 0.851. The van der Waals surface area contributed by atoms with Crippen molar-refractivity contribution in [2.45, 2.75) is 25.4 Å². The monoisotopic (exact) mass is 288 g/mol. The molecule has 0 fully saturated rings. The number of nitrogens with zero attached hydrogens (tertiary/aromatic N) is 1. The summed E-state index contributed by atoms with van der Waals surface area (Å²) < 4.78 is 10.9. The van der Waals surface area contributed by atoms with Crippen LogP contribution in [0.25, 0.3) is 0 Å². The van der Waals surface area contributed by atoms with E-state index >= 15 is 0 Å². The molecule has 4 nitrogen and oxygen atoms in total. The Morgan fingerprint density at radius 1 is 1.24 bits per heavy atom. The van der Waals surface area contributed by atoms with E-state index in [0.29, 0.717) is 12.6 Å². The summed E-state index contributed by atoms with van der Waals surface area (Å²) in [5.41, 5.74) is 7.13. The number of para-hydroxylation sites is 1. The predicted molar refractivity (Wildman–Crippen MR) is 84.4 cm³/mol. The fourth-order valence-corrected chi connectivity index (χ4v) is 2.61. The van der Waals surface area contributed by atoms with E-state index in [4.69, 9.17) is 14.9 Å². The van der Waals surface area contributed by atoms with Crippen LogP contribution < -0.4 is 10.5 Å². The summed E-state index contributed by atoms with van der Waals surface area (Å²) in [4.78, 5) is 2.26. The first-order valence-corrected chi connectivity index (χ1v) is 7.24. The number of hydrogen-bond donors (Lipinski definition) is 1. The second-order valence-electron chi connectivity index (χ2n) is 5.30. The fourth-order valence-electron chi connectivity index (χ4n) is 2.61. The van der Waals surface area contributed by atoms with E-state index in [9.17, 15) is 0 Å². The molecule has 1 aromatic carbocycles. The Balaban J connectivity index is 2.10. The highest BCUT2D eigenvalue weighted by Crippen LogP contribution is 2.25. The molecule has 2 aromatic rings. The zero-order valence-corrected chi connectivity index (χ0v) is 13.0. The molecule has 0 aliphatic heterocycles. The SMILES string of the molecule is COc1ccccc1CC(C)N(C)C(CN)c1ccco1. The third-order valence-electron chi connectivity index (χ3n) is 3.99. The van der Waals surface area contributed by atoms with Crippen LogP contribution in [0, 0.1) is 0 Å². The molecule has 1 heterocycles. The van der Waals surface area contributed by atoms with E-state index in [1.54, 1.807) is 13.4 Å². The van der Waals surface area contributed by atoms with Crippen LogP contribution in [0.2, 0.25) is 0 Å². The molecule has 0 amide bonds. The molecule has 1 aromatic heterocycles. The minimum absolute atomic E-state index is 0.0877. The molecule has 0 radical (unpaired) electrons. The average molecular weight is 288 g/mol. The summed E-state index contributed by atoms with van der Waals surface area (Å²) in [5, 5.41) is 0. The van der Waals surface area contributed by atoms with Crippen molar-refractivity contribution < 1.29 is 9.15 Å². The van der Waals surface area contributed by atoms with Crippen LogP contribution in [0.5, 0.6) is 5.75 Å². The maximum absolute atomic E-state index is 5.93. The second-order valence-corrected chi connectivity index (χ2v) is 5.30. The number of hydrogen-bond acceptors (Lipinski definition) is 4. The number of methoxy groups -OCH3 is 1. The van der Waals surface area contributed by atoms with Crippen LogP contribution in [0.15, 0.2) is 47.1 Å². The number of benzene rings is 1. The van der Waals surface area contributed by atoms with E-state index in [1.807, 2.05) is 30.3 Å². The van der Waals surface area contributed by atoms with Gasteiger partial charge in [0.1, 0.15) is 11.5 Å². The number of furan rings is 1. The van der Waals surface area contributed by atoms with Gasteiger partial charge in [-0.05, 0) is 44.2 Å². The van der Waals surface area contributed by atoms with Gasteiger partial charge in [0.05, 0.1) is 19.4 Å². The molecule has 2 unspecified atom stereocenters. The van der Waals surface area contributed by atoms with E-state index in [2.05, 4.69) is 24.9 Å². The molecule has 0 saturated carbocycles. The highest BCUT2D eigenvalue weighted by atomic mass is 16.5. The summed E-state index contributed by atoms with van der Waals surface area (Å²) in [6.07, 6.45) is 2.59. The van der Waals surface area contributed by atoms with Crippen LogP contribution in [-0.2, 0) is 6.42 Å². The predicted octanol–water partition coefficient (Wildman–Crippen LogP) is 2.85. The highest BCUT2D eigenvalue weighted by molar-refractivity contribution is 5.33. The largest absolute Gasteiger partial charge is 0.496 e. The molecule has 2 N–H and O–H groups in total. The zero-order valence-electron chi connectivity index (χ0n) is 13.0. The minimum Gasteiger partial charge on any atom is -0.496 e. The molecule has 2 rings (SSSR count). The van der Waals surface area contributed by atoms with E-state index in [1.165, 1.54) is 5.56 Å². The van der Waals surface area contributed by atoms with Crippen molar-refractivity contribution in [2.24, 2.45) is 5.73 Å². The summed E-state index contributed by atoms with van der Waals surface area (Å²) in [6, 6.07) is 12.4. The Morgan fingerprint density at radius 2 is 2.00 bits per heavy atom. The molecule has 114 valence electrons. The van der Waals surface area contributed by atoms with Crippen molar-refractivity contribution in [3.8, 4) is 5.75 Å². The topological polar surface area (TPSA) is 51.6 Å². The first-order valence-electron chi connectivity index (χ1n) is 7.24. The van der Waals surface area contributed by atoms with Gasteiger partial charge in [-0.1, -0.05) is 18.2 Å². The Bertz CT molecular complexity index is 539. The molecular formula is C17H24N2O2. The van der Waals surface area contributed by atoms with Crippen LogP contribution in [0.4, 0.5) is 0 Å². The number of likely N-dealkylation sites (N-methyl/N-ethyl adjacent to an activating group) is 1. The van der Waals surface area contributed by atoms with Gasteiger partial charge in [0, 0.05) is 12.6 Å². The Morgan fingerprint density at radius 3 is 2.62 bits per heavy atom. The Hall–Kier alpha value is -1.78. The van der Waals surface area contributed by atoms with Gasteiger partial charge in [-0.15, -0.1) is 0 Å².